The molecule has 2 saturated carbocycles. The summed E-state index contributed by atoms with van der Waals surface area (Å²) in [6.45, 7) is 4.55. The lowest BCUT2D eigenvalue weighted by Gasteiger charge is -2.38. The Labute approximate surface area is 137 Å². The third kappa shape index (κ3) is 2.43. The fourth-order valence-corrected chi connectivity index (χ4v) is 7.14. The highest BCUT2D eigenvalue weighted by atomic mass is 32.2. The van der Waals surface area contributed by atoms with Crippen molar-refractivity contribution in [3.05, 3.63) is 0 Å². The number of carboxylic acid groups (broad SMARTS) is 1. The number of rotatable bonds is 4. The van der Waals surface area contributed by atoms with Crippen LogP contribution in [0.4, 0.5) is 0 Å². The van der Waals surface area contributed by atoms with Crippen LogP contribution in [0.5, 0.6) is 0 Å². The van der Waals surface area contributed by atoms with Crippen molar-refractivity contribution < 1.29 is 23.1 Å². The van der Waals surface area contributed by atoms with Gasteiger partial charge >= 0.3 is 5.97 Å². The van der Waals surface area contributed by atoms with E-state index >= 15 is 0 Å². The number of Topliss-reactive ketones (excluding diaryl/α,β-unsaturated/α-hetero) is 1. The van der Waals surface area contributed by atoms with Gasteiger partial charge in [-0.15, -0.1) is 0 Å². The molecule has 2 aliphatic carbocycles. The third-order valence-corrected chi connectivity index (χ3v) is 8.77. The summed E-state index contributed by atoms with van der Waals surface area (Å²) in [5.41, 5.74) is -1.02. The van der Waals surface area contributed by atoms with Crippen molar-refractivity contribution in [3.63, 3.8) is 0 Å². The standard InChI is InChI=1S/C16H25NO5S/c1-15(2)12-3-6-16(15,13(18)9-12)10-23(21,22)17-7-4-11(5-8-17)14(19)20/h11-12H,3-10H2,1-2H3,(H,19,20)/t12-,16+/m1/s1. The minimum absolute atomic E-state index is 0.0998. The van der Waals surface area contributed by atoms with Crippen LogP contribution in [-0.4, -0.2) is 48.4 Å². The number of hydrogen-bond acceptors (Lipinski definition) is 4. The minimum atomic E-state index is -3.54. The summed E-state index contributed by atoms with van der Waals surface area (Å²) in [7, 11) is -3.54. The summed E-state index contributed by atoms with van der Waals surface area (Å²) >= 11 is 0. The number of fused-ring (bicyclic) bond motifs is 2. The van der Waals surface area contributed by atoms with Crippen molar-refractivity contribution in [2.24, 2.45) is 22.7 Å². The zero-order chi connectivity index (χ0) is 17.0. The zero-order valence-corrected chi connectivity index (χ0v) is 14.6. The Balaban J connectivity index is 1.77. The second kappa shape index (κ2) is 5.28. The first-order chi connectivity index (χ1) is 10.6. The third-order valence-electron chi connectivity index (χ3n) is 6.76. The number of aliphatic carboxylic acids is 1. The highest BCUT2D eigenvalue weighted by Gasteiger charge is 2.65. The summed E-state index contributed by atoms with van der Waals surface area (Å²) in [5.74, 6) is -1.03. The Bertz CT molecular complexity index is 633. The van der Waals surface area contributed by atoms with Gasteiger partial charge in [-0.2, -0.15) is 0 Å². The molecule has 3 rings (SSSR count). The smallest absolute Gasteiger partial charge is 0.306 e. The Morgan fingerprint density at radius 2 is 1.87 bits per heavy atom. The van der Waals surface area contributed by atoms with Crippen LogP contribution in [-0.2, 0) is 19.6 Å². The number of ketones is 1. The molecule has 0 spiro atoms. The highest BCUT2D eigenvalue weighted by Crippen LogP contribution is 2.64. The van der Waals surface area contributed by atoms with E-state index in [1.165, 1.54) is 4.31 Å². The van der Waals surface area contributed by atoms with Gasteiger partial charge < -0.3 is 5.11 Å². The molecule has 0 radical (unpaired) electrons. The van der Waals surface area contributed by atoms with Gasteiger partial charge in [0.25, 0.3) is 0 Å². The molecule has 2 atom stereocenters. The Kier molecular flexibility index (Phi) is 3.87. The molecule has 0 aromatic carbocycles. The molecule has 1 aliphatic heterocycles. The van der Waals surface area contributed by atoms with Crippen LogP contribution in [0.25, 0.3) is 0 Å². The molecule has 3 fully saturated rings. The number of hydrogen-bond donors (Lipinski definition) is 1. The lowest BCUT2D eigenvalue weighted by molar-refractivity contribution is -0.142. The number of carboxylic acids is 1. The molecular weight excluding hydrogens is 318 g/mol. The van der Waals surface area contributed by atoms with Crippen molar-refractivity contribution in [1.82, 2.24) is 4.31 Å². The number of carbonyl (C=O) groups excluding carboxylic acids is 1. The SMILES string of the molecule is CC1(C)[C@@H]2CC[C@]1(CS(=O)(=O)N1CCC(C(=O)O)CC1)C(=O)C2. The average Bonchev–Trinajstić information content (AvgIpc) is 2.81. The van der Waals surface area contributed by atoms with Crippen LogP contribution in [0.1, 0.15) is 46.0 Å². The molecule has 0 aromatic heterocycles. The van der Waals surface area contributed by atoms with Gasteiger partial charge in [0.2, 0.25) is 10.0 Å². The number of sulfonamides is 1. The second-order valence-electron chi connectivity index (χ2n) is 7.93. The summed E-state index contributed by atoms with van der Waals surface area (Å²) in [4.78, 5) is 23.5. The van der Waals surface area contributed by atoms with Crippen LogP contribution in [0.3, 0.4) is 0 Å². The summed E-state index contributed by atoms with van der Waals surface area (Å²) in [5, 5.41) is 9.03. The maximum absolute atomic E-state index is 12.9. The molecular formula is C16H25NO5S. The predicted molar refractivity (Wildman–Crippen MR) is 84.3 cm³/mol. The van der Waals surface area contributed by atoms with Gasteiger partial charge in [-0.3, -0.25) is 9.59 Å². The van der Waals surface area contributed by atoms with E-state index < -0.39 is 27.3 Å². The van der Waals surface area contributed by atoms with E-state index in [1.807, 2.05) is 13.8 Å². The van der Waals surface area contributed by atoms with Gasteiger partial charge in [-0.05, 0) is 37.0 Å². The molecule has 3 aliphatic rings. The van der Waals surface area contributed by atoms with Crippen LogP contribution in [0, 0.1) is 22.7 Å². The molecule has 1 N–H and O–H groups in total. The molecule has 23 heavy (non-hydrogen) atoms. The van der Waals surface area contributed by atoms with E-state index in [0.29, 0.717) is 31.6 Å². The lowest BCUT2D eigenvalue weighted by atomic mass is 9.70. The fourth-order valence-electron chi connectivity index (χ4n) is 4.89. The van der Waals surface area contributed by atoms with Crippen molar-refractivity contribution in [3.8, 4) is 0 Å². The van der Waals surface area contributed by atoms with Crippen molar-refractivity contribution in [1.29, 1.82) is 0 Å². The summed E-state index contributed by atoms with van der Waals surface area (Å²) < 4.78 is 27.1. The number of nitrogens with zero attached hydrogens (tertiary/aromatic N) is 1. The summed E-state index contributed by atoms with van der Waals surface area (Å²) in [6.07, 6.45) is 2.79. The van der Waals surface area contributed by atoms with Crippen LogP contribution in [0.2, 0.25) is 0 Å². The molecule has 6 nitrogen and oxygen atoms in total. The van der Waals surface area contributed by atoms with E-state index in [1.54, 1.807) is 0 Å². The molecule has 7 heteroatoms. The average molecular weight is 343 g/mol. The van der Waals surface area contributed by atoms with Gasteiger partial charge in [0.15, 0.2) is 0 Å². The topological polar surface area (TPSA) is 91.8 Å². The van der Waals surface area contributed by atoms with Crippen LogP contribution >= 0.6 is 0 Å². The first-order valence-corrected chi connectivity index (χ1v) is 9.95. The van der Waals surface area contributed by atoms with Gasteiger partial charge in [-0.25, -0.2) is 12.7 Å². The van der Waals surface area contributed by atoms with Gasteiger partial charge in [0.05, 0.1) is 11.7 Å². The molecule has 1 heterocycles. The molecule has 1 saturated heterocycles. The van der Waals surface area contributed by atoms with Gasteiger partial charge in [-0.1, -0.05) is 13.8 Å². The Hall–Kier alpha value is -0.950. The van der Waals surface area contributed by atoms with Gasteiger partial charge in [0.1, 0.15) is 5.78 Å². The Morgan fingerprint density at radius 1 is 1.26 bits per heavy atom. The molecule has 130 valence electrons. The van der Waals surface area contributed by atoms with E-state index in [2.05, 4.69) is 0 Å². The zero-order valence-electron chi connectivity index (χ0n) is 13.7. The maximum Gasteiger partial charge on any atom is 0.306 e. The number of carbonyl (C=O) groups is 2. The first kappa shape index (κ1) is 16.9. The van der Waals surface area contributed by atoms with Crippen molar-refractivity contribution >= 4 is 21.8 Å². The van der Waals surface area contributed by atoms with E-state index in [4.69, 9.17) is 5.11 Å². The quantitative estimate of drug-likeness (QED) is 0.835. The monoisotopic (exact) mass is 343 g/mol. The number of piperidine rings is 1. The fraction of sp³-hybridized carbons (Fsp3) is 0.875. The molecule has 2 bridgehead atoms. The van der Waals surface area contributed by atoms with Gasteiger partial charge in [0, 0.05) is 24.9 Å². The van der Waals surface area contributed by atoms with Crippen LogP contribution < -0.4 is 0 Å². The second-order valence-corrected chi connectivity index (χ2v) is 9.90. The lowest BCUT2D eigenvalue weighted by Crippen LogP contribution is -2.48. The van der Waals surface area contributed by atoms with E-state index in [9.17, 15) is 18.0 Å². The van der Waals surface area contributed by atoms with Crippen molar-refractivity contribution in [2.45, 2.75) is 46.0 Å². The van der Waals surface area contributed by atoms with E-state index in [-0.39, 0.29) is 30.0 Å². The molecule has 0 aromatic rings. The van der Waals surface area contributed by atoms with Crippen molar-refractivity contribution in [2.75, 3.05) is 18.8 Å². The normalized spacial score (nSPS) is 34.9. The highest BCUT2D eigenvalue weighted by molar-refractivity contribution is 7.89. The first-order valence-electron chi connectivity index (χ1n) is 8.34. The van der Waals surface area contributed by atoms with Crippen LogP contribution in [0.15, 0.2) is 0 Å². The van der Waals surface area contributed by atoms with E-state index in [0.717, 1.165) is 6.42 Å². The Morgan fingerprint density at radius 3 is 2.30 bits per heavy atom. The predicted octanol–water partition coefficient (Wildman–Crippen LogP) is 1.51. The summed E-state index contributed by atoms with van der Waals surface area (Å²) in [6, 6.07) is 0. The molecule has 0 amide bonds. The maximum atomic E-state index is 12.9. The minimum Gasteiger partial charge on any atom is -0.481 e. The largest absolute Gasteiger partial charge is 0.481 e. The molecule has 0 unspecified atom stereocenters.